The summed E-state index contributed by atoms with van der Waals surface area (Å²) in [6.45, 7) is 7.15. The number of piperidine rings is 1. The van der Waals surface area contributed by atoms with Gasteiger partial charge < -0.3 is 19.5 Å². The van der Waals surface area contributed by atoms with Crippen molar-refractivity contribution in [3.8, 4) is 5.75 Å². The van der Waals surface area contributed by atoms with Gasteiger partial charge in [-0.2, -0.15) is 0 Å². The molecule has 2 N–H and O–H groups in total. The number of hydrogen-bond acceptors (Lipinski definition) is 6. The molecule has 174 valence electrons. The van der Waals surface area contributed by atoms with E-state index >= 15 is 0 Å². The normalized spacial score (nSPS) is 21.6. The fraction of sp³-hybridized carbons (Fsp3) is 0.667. The van der Waals surface area contributed by atoms with Crippen LogP contribution >= 0.6 is 0 Å². The molecule has 3 aliphatic heterocycles. The van der Waals surface area contributed by atoms with Crippen LogP contribution in [0.25, 0.3) is 0 Å². The second-order valence-corrected chi connectivity index (χ2v) is 7.71. The lowest BCUT2D eigenvalue weighted by Gasteiger charge is -2.36. The van der Waals surface area contributed by atoms with E-state index in [0.29, 0.717) is 25.2 Å². The van der Waals surface area contributed by atoms with Gasteiger partial charge in [-0.1, -0.05) is 33.4 Å². The molecule has 0 radical (unpaired) electrons. The van der Waals surface area contributed by atoms with Gasteiger partial charge in [-0.3, -0.25) is 14.9 Å². The number of amides is 2. The molecule has 0 unspecified atom stereocenters. The van der Waals surface area contributed by atoms with E-state index in [-0.39, 0.29) is 25.0 Å². The first-order chi connectivity index (χ1) is 14.7. The van der Waals surface area contributed by atoms with E-state index in [1.54, 1.807) is 0 Å². The minimum atomic E-state index is -0.273. The Morgan fingerprint density at radius 3 is 2.19 bits per heavy atom. The summed E-state index contributed by atoms with van der Waals surface area (Å²) in [5.41, 5.74) is 2.49. The first-order valence-corrected chi connectivity index (χ1v) is 11.3. The Balaban J connectivity index is 0.000000264. The lowest BCUT2D eigenvalue weighted by Crippen LogP contribution is -2.34. The molecule has 5 rings (SSSR count). The van der Waals surface area contributed by atoms with Gasteiger partial charge in [0.05, 0.1) is 18.9 Å². The van der Waals surface area contributed by atoms with Gasteiger partial charge in [0, 0.05) is 32.2 Å². The SMILES string of the molecule is C.CC.O=C1CCCC(=O)N1.c1cc2c(c(C3CCC4(CC3)OCCO4)c1)OCCN2. The first kappa shape index (κ1) is 25.1. The Bertz CT molecular complexity index is 707. The molecule has 3 fully saturated rings. The Hall–Kier alpha value is -2.12. The van der Waals surface area contributed by atoms with Crippen LogP contribution in [0.1, 0.15) is 77.7 Å². The van der Waals surface area contributed by atoms with E-state index < -0.39 is 0 Å². The van der Waals surface area contributed by atoms with Gasteiger partial charge in [-0.15, -0.1) is 0 Å². The third kappa shape index (κ3) is 6.43. The maximum Gasteiger partial charge on any atom is 0.226 e. The zero-order chi connectivity index (χ0) is 21.4. The molecule has 2 saturated heterocycles. The molecular formula is C24H38N2O5. The van der Waals surface area contributed by atoms with Crippen molar-refractivity contribution in [1.29, 1.82) is 0 Å². The molecular weight excluding hydrogens is 396 g/mol. The summed E-state index contributed by atoms with van der Waals surface area (Å²) in [5.74, 6) is 1.07. The molecule has 1 saturated carbocycles. The Morgan fingerprint density at radius 1 is 0.968 bits per heavy atom. The highest BCUT2D eigenvalue weighted by Crippen LogP contribution is 2.46. The topological polar surface area (TPSA) is 85.9 Å². The van der Waals surface area contributed by atoms with Crippen molar-refractivity contribution < 1.29 is 23.8 Å². The number of imide groups is 1. The minimum Gasteiger partial charge on any atom is -0.489 e. The molecule has 1 aliphatic carbocycles. The fourth-order valence-electron chi connectivity index (χ4n) is 4.36. The Labute approximate surface area is 186 Å². The number of rotatable bonds is 1. The summed E-state index contributed by atoms with van der Waals surface area (Å²) in [6.07, 6.45) is 5.94. The van der Waals surface area contributed by atoms with Crippen LogP contribution < -0.4 is 15.4 Å². The number of ether oxygens (including phenoxy) is 3. The third-order valence-electron chi connectivity index (χ3n) is 5.80. The second-order valence-electron chi connectivity index (χ2n) is 7.71. The Morgan fingerprint density at radius 2 is 1.61 bits per heavy atom. The second kappa shape index (κ2) is 12.1. The van der Waals surface area contributed by atoms with Crippen molar-refractivity contribution >= 4 is 17.5 Å². The molecule has 3 heterocycles. The van der Waals surface area contributed by atoms with E-state index in [0.717, 1.165) is 63.5 Å². The van der Waals surface area contributed by atoms with Gasteiger partial charge in [-0.05, 0) is 36.8 Å². The van der Waals surface area contributed by atoms with Crippen molar-refractivity contribution in [2.45, 2.75) is 77.9 Å². The predicted octanol–water partition coefficient (Wildman–Crippen LogP) is 4.37. The summed E-state index contributed by atoms with van der Waals surface area (Å²) in [5, 5.41) is 5.62. The highest BCUT2D eigenvalue weighted by atomic mass is 16.7. The van der Waals surface area contributed by atoms with Crippen molar-refractivity contribution in [2.24, 2.45) is 0 Å². The van der Waals surface area contributed by atoms with Gasteiger partial charge in [0.1, 0.15) is 12.4 Å². The van der Waals surface area contributed by atoms with E-state index in [1.807, 2.05) is 13.8 Å². The third-order valence-corrected chi connectivity index (χ3v) is 5.80. The number of nitrogens with one attached hydrogen (secondary N) is 2. The predicted molar refractivity (Wildman–Crippen MR) is 121 cm³/mol. The Kier molecular flexibility index (Phi) is 9.78. The van der Waals surface area contributed by atoms with Crippen LogP contribution in [-0.2, 0) is 19.1 Å². The average molecular weight is 435 g/mol. The molecule has 0 aromatic heterocycles. The van der Waals surface area contributed by atoms with E-state index in [4.69, 9.17) is 14.2 Å². The maximum atomic E-state index is 10.3. The van der Waals surface area contributed by atoms with Gasteiger partial charge in [-0.25, -0.2) is 0 Å². The van der Waals surface area contributed by atoms with Crippen molar-refractivity contribution in [3.63, 3.8) is 0 Å². The van der Waals surface area contributed by atoms with Crippen molar-refractivity contribution in [3.05, 3.63) is 23.8 Å². The van der Waals surface area contributed by atoms with Gasteiger partial charge in [0.15, 0.2) is 5.79 Å². The van der Waals surface area contributed by atoms with E-state index in [1.165, 1.54) is 5.56 Å². The first-order valence-electron chi connectivity index (χ1n) is 11.3. The van der Waals surface area contributed by atoms with Gasteiger partial charge in [0.2, 0.25) is 11.8 Å². The van der Waals surface area contributed by atoms with Crippen LogP contribution in [0, 0.1) is 0 Å². The molecule has 4 aliphatic rings. The summed E-state index contributed by atoms with van der Waals surface area (Å²) < 4.78 is 17.5. The number of carbonyl (C=O) groups is 2. The zero-order valence-electron chi connectivity index (χ0n) is 18.1. The molecule has 1 spiro atoms. The molecule has 2 amide bonds. The van der Waals surface area contributed by atoms with Gasteiger partial charge >= 0.3 is 0 Å². The van der Waals surface area contributed by atoms with Crippen LogP contribution in [0.15, 0.2) is 18.2 Å². The molecule has 7 heteroatoms. The van der Waals surface area contributed by atoms with Crippen molar-refractivity contribution in [1.82, 2.24) is 5.32 Å². The lowest BCUT2D eigenvalue weighted by molar-refractivity contribution is -0.178. The molecule has 1 aromatic rings. The molecule has 7 nitrogen and oxygen atoms in total. The largest absolute Gasteiger partial charge is 0.489 e. The van der Waals surface area contributed by atoms with E-state index in [9.17, 15) is 9.59 Å². The summed E-state index contributed by atoms with van der Waals surface area (Å²) in [6, 6.07) is 6.44. The summed E-state index contributed by atoms with van der Waals surface area (Å²) in [7, 11) is 0. The number of anilines is 1. The lowest BCUT2D eigenvalue weighted by atomic mass is 9.80. The van der Waals surface area contributed by atoms with Crippen LogP contribution in [0.3, 0.4) is 0 Å². The van der Waals surface area contributed by atoms with Crippen molar-refractivity contribution in [2.75, 3.05) is 31.7 Å². The highest BCUT2D eigenvalue weighted by molar-refractivity contribution is 5.97. The quantitative estimate of drug-likeness (QED) is 0.639. The molecule has 1 aromatic carbocycles. The van der Waals surface area contributed by atoms with Crippen LogP contribution in [0.5, 0.6) is 5.75 Å². The molecule has 31 heavy (non-hydrogen) atoms. The summed E-state index contributed by atoms with van der Waals surface area (Å²) >= 11 is 0. The van der Waals surface area contributed by atoms with Crippen LogP contribution in [-0.4, -0.2) is 44.0 Å². The number of hydrogen-bond donors (Lipinski definition) is 2. The number of carbonyl (C=O) groups excluding carboxylic acids is 2. The van der Waals surface area contributed by atoms with Crippen LogP contribution in [0.4, 0.5) is 5.69 Å². The monoisotopic (exact) mass is 434 g/mol. The maximum absolute atomic E-state index is 10.3. The average Bonchev–Trinajstić information content (AvgIpc) is 3.24. The highest BCUT2D eigenvalue weighted by Gasteiger charge is 2.41. The smallest absolute Gasteiger partial charge is 0.226 e. The van der Waals surface area contributed by atoms with E-state index in [2.05, 4.69) is 28.8 Å². The minimum absolute atomic E-state index is 0. The van der Waals surface area contributed by atoms with Crippen LogP contribution in [0.2, 0.25) is 0 Å². The number of para-hydroxylation sites is 1. The summed E-state index contributed by atoms with van der Waals surface area (Å²) in [4.78, 5) is 20.7. The number of fused-ring (bicyclic) bond motifs is 1. The fourth-order valence-corrected chi connectivity index (χ4v) is 4.36. The molecule has 0 bridgehead atoms. The standard InChI is InChI=1S/C16H21NO3.C5H7NO2.C2H6.CH4/c1-2-13(15-14(3-1)17-8-9-18-15)12-4-6-16(7-5-12)19-10-11-20-16;7-4-2-1-3-5(8)6-4;1-2;/h1-3,12,17H,4-11H2;1-3H2,(H,6,7,8);1-2H3;1H4. The zero-order valence-corrected chi connectivity index (χ0v) is 18.1. The molecule has 0 atom stereocenters. The van der Waals surface area contributed by atoms with Gasteiger partial charge in [0.25, 0.3) is 0 Å². The number of benzene rings is 1.